The molecule has 1 fully saturated rings. The third-order valence-corrected chi connectivity index (χ3v) is 3.67. The van der Waals surface area contributed by atoms with Crippen molar-refractivity contribution < 1.29 is 20.1 Å². The summed E-state index contributed by atoms with van der Waals surface area (Å²) in [6.45, 7) is 6.04. The van der Waals surface area contributed by atoms with E-state index in [9.17, 15) is 15.0 Å². The van der Waals surface area contributed by atoms with Crippen LogP contribution in [-0.4, -0.2) is 51.6 Å². The molecule has 1 saturated heterocycles. The molecule has 0 saturated carbocycles. The second-order valence-corrected chi connectivity index (χ2v) is 5.53. The van der Waals surface area contributed by atoms with Crippen molar-refractivity contribution in [3.63, 3.8) is 0 Å². The summed E-state index contributed by atoms with van der Waals surface area (Å²) in [5.41, 5.74) is -1.38. The first-order valence-corrected chi connectivity index (χ1v) is 5.53. The first-order chi connectivity index (χ1) is 7.22. The minimum Gasteiger partial charge on any atom is -0.465 e. The zero-order chi connectivity index (χ0) is 12.6. The number of amides is 1. The van der Waals surface area contributed by atoms with Gasteiger partial charge in [-0.3, -0.25) is 0 Å². The molecule has 5 nitrogen and oxygen atoms in total. The minimum absolute atomic E-state index is 0.194. The van der Waals surface area contributed by atoms with Gasteiger partial charge in [-0.05, 0) is 11.8 Å². The number of hydrogen-bond acceptors (Lipinski definition) is 3. The van der Waals surface area contributed by atoms with E-state index in [0.29, 0.717) is 13.0 Å². The Morgan fingerprint density at radius 2 is 2.06 bits per heavy atom. The summed E-state index contributed by atoms with van der Waals surface area (Å²) in [5.74, 6) is -0.419. The Balaban J connectivity index is 2.88. The first-order valence-electron chi connectivity index (χ1n) is 5.53. The fourth-order valence-corrected chi connectivity index (χ4v) is 2.39. The maximum atomic E-state index is 10.8. The monoisotopic (exact) mass is 231 g/mol. The Morgan fingerprint density at radius 3 is 2.44 bits per heavy atom. The van der Waals surface area contributed by atoms with Crippen molar-refractivity contribution in [2.45, 2.75) is 32.8 Å². The molecule has 0 aromatic heterocycles. The van der Waals surface area contributed by atoms with Gasteiger partial charge < -0.3 is 20.2 Å². The predicted octanol–water partition coefficient (Wildman–Crippen LogP) is 0.756. The lowest BCUT2D eigenvalue weighted by Crippen LogP contribution is -2.60. The van der Waals surface area contributed by atoms with Crippen molar-refractivity contribution >= 4 is 6.09 Å². The van der Waals surface area contributed by atoms with Crippen LogP contribution in [0.25, 0.3) is 0 Å². The van der Waals surface area contributed by atoms with Crippen molar-refractivity contribution in [3.05, 3.63) is 0 Å². The zero-order valence-electron chi connectivity index (χ0n) is 10.1. The molecule has 0 spiro atoms. The number of aliphatic hydroxyl groups is 2. The van der Waals surface area contributed by atoms with Gasteiger partial charge in [-0.15, -0.1) is 0 Å². The number of hydrogen-bond donors (Lipinski definition) is 3. The quantitative estimate of drug-likeness (QED) is 0.622. The molecular weight excluding hydrogens is 210 g/mol. The molecule has 3 N–H and O–H groups in total. The zero-order valence-corrected chi connectivity index (χ0v) is 10.1. The lowest BCUT2D eigenvalue weighted by atomic mass is 9.65. The topological polar surface area (TPSA) is 81.0 Å². The summed E-state index contributed by atoms with van der Waals surface area (Å²) in [4.78, 5) is 12.1. The van der Waals surface area contributed by atoms with Gasteiger partial charge in [0, 0.05) is 19.0 Å². The highest BCUT2D eigenvalue weighted by Gasteiger charge is 2.49. The summed E-state index contributed by atoms with van der Waals surface area (Å²) in [7, 11) is 0. The fourth-order valence-electron chi connectivity index (χ4n) is 2.39. The van der Waals surface area contributed by atoms with Gasteiger partial charge in [0.25, 0.3) is 0 Å². The number of carboxylic acid groups (broad SMARTS) is 1. The molecule has 1 rings (SSSR count). The van der Waals surface area contributed by atoms with Gasteiger partial charge in [-0.25, -0.2) is 4.79 Å². The Kier molecular flexibility index (Phi) is 3.50. The highest BCUT2D eigenvalue weighted by molar-refractivity contribution is 5.65. The molecular formula is C11H21NO4. The molecule has 1 heterocycles. The SMILES string of the molecule is CC(C)(C)[C@]1(O)CCN(C(=O)O)C[C@H]1CO. The van der Waals surface area contributed by atoms with Crippen LogP contribution < -0.4 is 0 Å². The van der Waals surface area contributed by atoms with Crippen LogP contribution in [-0.2, 0) is 0 Å². The summed E-state index contributed by atoms with van der Waals surface area (Å²) in [6, 6.07) is 0. The summed E-state index contributed by atoms with van der Waals surface area (Å²) in [5, 5.41) is 28.8. The van der Waals surface area contributed by atoms with Crippen LogP contribution in [0.4, 0.5) is 4.79 Å². The third kappa shape index (κ3) is 2.15. The van der Waals surface area contributed by atoms with Gasteiger partial charge in [0.05, 0.1) is 12.2 Å². The Labute approximate surface area is 95.7 Å². The number of piperidine rings is 1. The molecule has 2 atom stereocenters. The van der Waals surface area contributed by atoms with E-state index in [1.165, 1.54) is 4.90 Å². The van der Waals surface area contributed by atoms with Crippen molar-refractivity contribution in [2.75, 3.05) is 19.7 Å². The van der Waals surface area contributed by atoms with E-state index < -0.39 is 17.6 Å². The van der Waals surface area contributed by atoms with Gasteiger partial charge in [-0.1, -0.05) is 20.8 Å². The number of nitrogens with zero attached hydrogens (tertiary/aromatic N) is 1. The van der Waals surface area contributed by atoms with E-state index in [1.54, 1.807) is 0 Å². The summed E-state index contributed by atoms with van der Waals surface area (Å²) in [6.07, 6.45) is -0.622. The number of carbonyl (C=O) groups is 1. The molecule has 0 aliphatic carbocycles. The Bertz CT molecular complexity index is 274. The van der Waals surface area contributed by atoms with E-state index in [1.807, 2.05) is 20.8 Å². The van der Waals surface area contributed by atoms with Crippen LogP contribution in [0.5, 0.6) is 0 Å². The first kappa shape index (κ1) is 13.3. The maximum absolute atomic E-state index is 10.8. The highest BCUT2D eigenvalue weighted by atomic mass is 16.4. The average Bonchev–Trinajstić information content (AvgIpc) is 2.16. The fraction of sp³-hybridized carbons (Fsp3) is 0.909. The molecule has 0 bridgehead atoms. The Morgan fingerprint density at radius 1 is 1.50 bits per heavy atom. The van der Waals surface area contributed by atoms with Crippen LogP contribution in [0.2, 0.25) is 0 Å². The maximum Gasteiger partial charge on any atom is 0.407 e. The largest absolute Gasteiger partial charge is 0.465 e. The standard InChI is InChI=1S/C11H21NO4/c1-10(2,3)11(16)4-5-12(9(14)15)6-8(11)7-13/h8,13,16H,4-7H2,1-3H3,(H,14,15)/t8-,11-/m0/s1. The second-order valence-electron chi connectivity index (χ2n) is 5.53. The van der Waals surface area contributed by atoms with Gasteiger partial charge in [0.15, 0.2) is 0 Å². The number of rotatable bonds is 1. The molecule has 1 aliphatic heterocycles. The smallest absolute Gasteiger partial charge is 0.407 e. The van der Waals surface area contributed by atoms with Crippen LogP contribution in [0.15, 0.2) is 0 Å². The minimum atomic E-state index is -1.01. The molecule has 0 aromatic carbocycles. The van der Waals surface area contributed by atoms with E-state index in [2.05, 4.69) is 0 Å². The second kappa shape index (κ2) is 4.22. The van der Waals surface area contributed by atoms with Crippen molar-refractivity contribution in [3.8, 4) is 0 Å². The van der Waals surface area contributed by atoms with E-state index in [4.69, 9.17) is 5.11 Å². The van der Waals surface area contributed by atoms with E-state index >= 15 is 0 Å². The van der Waals surface area contributed by atoms with Crippen molar-refractivity contribution in [2.24, 2.45) is 11.3 Å². The third-order valence-electron chi connectivity index (χ3n) is 3.67. The predicted molar refractivity (Wildman–Crippen MR) is 59.2 cm³/mol. The molecule has 0 unspecified atom stereocenters. The van der Waals surface area contributed by atoms with Crippen LogP contribution in [0.3, 0.4) is 0 Å². The molecule has 1 amide bonds. The summed E-state index contributed by atoms with van der Waals surface area (Å²) < 4.78 is 0. The lowest BCUT2D eigenvalue weighted by molar-refractivity contribution is -0.148. The Hall–Kier alpha value is -0.810. The molecule has 0 aromatic rings. The van der Waals surface area contributed by atoms with Gasteiger partial charge in [0.2, 0.25) is 0 Å². The van der Waals surface area contributed by atoms with Gasteiger partial charge in [-0.2, -0.15) is 0 Å². The number of likely N-dealkylation sites (tertiary alicyclic amines) is 1. The molecule has 5 heteroatoms. The summed E-state index contributed by atoms with van der Waals surface area (Å²) >= 11 is 0. The lowest BCUT2D eigenvalue weighted by Gasteiger charge is -2.50. The van der Waals surface area contributed by atoms with Crippen LogP contribution >= 0.6 is 0 Å². The van der Waals surface area contributed by atoms with Crippen molar-refractivity contribution in [1.29, 1.82) is 0 Å². The molecule has 94 valence electrons. The molecule has 16 heavy (non-hydrogen) atoms. The van der Waals surface area contributed by atoms with E-state index in [0.717, 1.165) is 0 Å². The number of aliphatic hydroxyl groups excluding tert-OH is 1. The average molecular weight is 231 g/mol. The van der Waals surface area contributed by atoms with Crippen LogP contribution in [0.1, 0.15) is 27.2 Å². The van der Waals surface area contributed by atoms with E-state index in [-0.39, 0.29) is 18.6 Å². The normalized spacial score (nSPS) is 31.6. The molecule has 1 aliphatic rings. The highest BCUT2D eigenvalue weighted by Crippen LogP contribution is 2.42. The van der Waals surface area contributed by atoms with Gasteiger partial charge >= 0.3 is 6.09 Å². The van der Waals surface area contributed by atoms with Crippen LogP contribution in [0, 0.1) is 11.3 Å². The molecule has 0 radical (unpaired) electrons. The van der Waals surface area contributed by atoms with Crippen molar-refractivity contribution in [1.82, 2.24) is 4.90 Å². The van der Waals surface area contributed by atoms with Gasteiger partial charge in [0.1, 0.15) is 0 Å².